The maximum absolute atomic E-state index is 13.2. The number of hydrazine groups is 1. The molecule has 3 heterocycles. The standard InChI is InChI=1S/C22H17FN6O2/c1-14-12-28(13-25-14)19-8-2-15(18-10-26-31-22(18)19)3-9-20-24-11-21(30)29(27-20)17-6-4-16(23)5-7-17/h2-10,12-13H,11H2,1H3,(H,24,27)/b9-3+. The number of hydrogen-bond donors (Lipinski definition) is 1. The van der Waals surface area contributed by atoms with Crippen molar-refractivity contribution in [1.82, 2.24) is 20.1 Å². The summed E-state index contributed by atoms with van der Waals surface area (Å²) in [6, 6.07) is 9.55. The third kappa shape index (κ3) is 3.57. The van der Waals surface area contributed by atoms with Gasteiger partial charge < -0.3 is 9.09 Å². The largest absolute Gasteiger partial charge is 0.354 e. The Morgan fingerprint density at radius 2 is 2.00 bits per heavy atom. The maximum atomic E-state index is 13.2. The lowest BCUT2D eigenvalue weighted by molar-refractivity contribution is -0.117. The number of imidazole rings is 1. The Labute approximate surface area is 176 Å². The van der Waals surface area contributed by atoms with Crippen molar-refractivity contribution < 1.29 is 13.7 Å². The van der Waals surface area contributed by atoms with E-state index in [0.717, 1.165) is 22.3 Å². The Morgan fingerprint density at radius 3 is 2.77 bits per heavy atom. The second-order valence-electron chi connectivity index (χ2n) is 7.02. The van der Waals surface area contributed by atoms with Gasteiger partial charge in [0.05, 0.1) is 35.0 Å². The first kappa shape index (κ1) is 18.7. The van der Waals surface area contributed by atoms with E-state index < -0.39 is 0 Å². The summed E-state index contributed by atoms with van der Waals surface area (Å²) in [7, 11) is 0. The number of benzene rings is 2. The van der Waals surface area contributed by atoms with E-state index in [2.05, 4.69) is 20.6 Å². The zero-order valence-electron chi connectivity index (χ0n) is 16.5. The molecule has 8 nitrogen and oxygen atoms in total. The zero-order valence-corrected chi connectivity index (χ0v) is 16.5. The number of hydrogen-bond acceptors (Lipinski definition) is 6. The van der Waals surface area contributed by atoms with Crippen molar-refractivity contribution in [3.63, 3.8) is 0 Å². The number of aliphatic imine (C=N–C) groups is 1. The molecule has 1 N–H and O–H groups in total. The first-order valence-corrected chi connectivity index (χ1v) is 9.54. The van der Waals surface area contributed by atoms with Crippen LogP contribution in [0.2, 0.25) is 0 Å². The molecule has 0 saturated carbocycles. The molecule has 0 spiro atoms. The van der Waals surface area contributed by atoms with Crippen LogP contribution in [0.25, 0.3) is 22.7 Å². The van der Waals surface area contributed by atoms with Crippen LogP contribution in [0.5, 0.6) is 0 Å². The Balaban J connectivity index is 1.42. The van der Waals surface area contributed by atoms with Crippen LogP contribution in [-0.4, -0.2) is 33.0 Å². The van der Waals surface area contributed by atoms with Gasteiger partial charge in [0.2, 0.25) is 0 Å². The van der Waals surface area contributed by atoms with Crippen molar-refractivity contribution >= 4 is 34.5 Å². The van der Waals surface area contributed by atoms with Crippen molar-refractivity contribution in [1.29, 1.82) is 0 Å². The summed E-state index contributed by atoms with van der Waals surface area (Å²) in [6.07, 6.45) is 8.93. The van der Waals surface area contributed by atoms with Gasteiger partial charge in [0, 0.05) is 6.20 Å². The van der Waals surface area contributed by atoms with E-state index in [1.165, 1.54) is 29.3 Å². The minimum Gasteiger partial charge on any atom is -0.354 e. The SMILES string of the molecule is Cc1cn(-c2ccc(/C=C/C3=NCC(=O)N(c4ccc(F)cc4)N3)c3cnoc23)cn1. The summed E-state index contributed by atoms with van der Waals surface area (Å²) < 4.78 is 20.6. The molecule has 0 saturated heterocycles. The minimum atomic E-state index is -0.367. The molecular formula is C22H17FN6O2. The fourth-order valence-electron chi connectivity index (χ4n) is 3.36. The molecule has 4 aromatic rings. The number of halogens is 1. The van der Waals surface area contributed by atoms with Crippen LogP contribution in [0, 0.1) is 12.7 Å². The zero-order chi connectivity index (χ0) is 21.4. The van der Waals surface area contributed by atoms with Gasteiger partial charge in [0.15, 0.2) is 5.58 Å². The highest BCUT2D eigenvalue weighted by atomic mass is 19.1. The molecule has 0 radical (unpaired) electrons. The van der Waals surface area contributed by atoms with Gasteiger partial charge in [-0.2, -0.15) is 0 Å². The number of amidine groups is 1. The van der Waals surface area contributed by atoms with E-state index in [0.29, 0.717) is 17.1 Å². The monoisotopic (exact) mass is 416 g/mol. The van der Waals surface area contributed by atoms with Crippen LogP contribution in [0.4, 0.5) is 10.1 Å². The molecule has 9 heteroatoms. The third-order valence-electron chi connectivity index (χ3n) is 4.89. The first-order chi connectivity index (χ1) is 15.1. The Bertz CT molecular complexity index is 1340. The van der Waals surface area contributed by atoms with Gasteiger partial charge in [-0.25, -0.2) is 14.4 Å². The number of anilines is 1. The molecule has 0 bridgehead atoms. The Kier molecular flexibility index (Phi) is 4.55. The van der Waals surface area contributed by atoms with Gasteiger partial charge in [-0.3, -0.25) is 15.2 Å². The van der Waals surface area contributed by atoms with E-state index in [9.17, 15) is 9.18 Å². The molecule has 0 unspecified atom stereocenters. The molecule has 2 aromatic heterocycles. The van der Waals surface area contributed by atoms with E-state index in [4.69, 9.17) is 4.52 Å². The highest BCUT2D eigenvalue weighted by Gasteiger charge is 2.21. The smallest absolute Gasteiger partial charge is 0.267 e. The van der Waals surface area contributed by atoms with Crippen molar-refractivity contribution in [2.24, 2.45) is 4.99 Å². The average molecular weight is 416 g/mol. The van der Waals surface area contributed by atoms with Gasteiger partial charge in [-0.1, -0.05) is 17.3 Å². The second kappa shape index (κ2) is 7.52. The van der Waals surface area contributed by atoms with Crippen LogP contribution >= 0.6 is 0 Å². The molecule has 0 fully saturated rings. The van der Waals surface area contributed by atoms with Crippen molar-refractivity contribution in [3.05, 3.63) is 78.3 Å². The van der Waals surface area contributed by atoms with Crippen molar-refractivity contribution in [3.8, 4) is 5.69 Å². The van der Waals surface area contributed by atoms with Crippen LogP contribution in [0.3, 0.4) is 0 Å². The van der Waals surface area contributed by atoms with E-state index in [-0.39, 0.29) is 18.3 Å². The van der Waals surface area contributed by atoms with Crippen LogP contribution in [0.15, 0.2) is 70.7 Å². The predicted octanol–water partition coefficient (Wildman–Crippen LogP) is 3.42. The summed E-state index contributed by atoms with van der Waals surface area (Å²) in [5.74, 6) is -0.0953. The number of nitrogens with one attached hydrogen (secondary N) is 1. The van der Waals surface area contributed by atoms with Crippen molar-refractivity contribution in [2.75, 3.05) is 11.6 Å². The lowest BCUT2D eigenvalue weighted by Crippen LogP contribution is -2.50. The minimum absolute atomic E-state index is 0.00829. The third-order valence-corrected chi connectivity index (χ3v) is 4.89. The molecule has 154 valence electrons. The molecule has 2 aromatic carbocycles. The van der Waals surface area contributed by atoms with E-state index >= 15 is 0 Å². The number of rotatable bonds is 4. The summed E-state index contributed by atoms with van der Waals surface area (Å²) in [4.78, 5) is 20.7. The molecule has 5 rings (SSSR count). The van der Waals surface area contributed by atoms with Gasteiger partial charge in [0.1, 0.15) is 18.2 Å². The van der Waals surface area contributed by atoms with Gasteiger partial charge in [0.25, 0.3) is 5.91 Å². The van der Waals surface area contributed by atoms with Gasteiger partial charge in [-0.15, -0.1) is 0 Å². The predicted molar refractivity (Wildman–Crippen MR) is 114 cm³/mol. The Hall–Kier alpha value is -4.27. The molecule has 1 aliphatic heterocycles. The van der Waals surface area contributed by atoms with E-state index in [1.807, 2.05) is 35.9 Å². The van der Waals surface area contributed by atoms with Gasteiger partial charge in [-0.05, 0) is 48.9 Å². The number of nitrogens with zero attached hydrogens (tertiary/aromatic N) is 5. The fraction of sp³-hybridized carbons (Fsp3) is 0.0909. The highest BCUT2D eigenvalue weighted by Crippen LogP contribution is 2.27. The Morgan fingerprint density at radius 1 is 1.16 bits per heavy atom. The first-order valence-electron chi connectivity index (χ1n) is 9.54. The number of carbonyl (C=O) groups excluding carboxylic acids is 1. The van der Waals surface area contributed by atoms with Crippen LogP contribution in [0.1, 0.15) is 11.3 Å². The summed E-state index contributed by atoms with van der Waals surface area (Å²) >= 11 is 0. The lowest BCUT2D eigenvalue weighted by Gasteiger charge is -2.27. The fourth-order valence-corrected chi connectivity index (χ4v) is 3.36. The molecular weight excluding hydrogens is 399 g/mol. The summed E-state index contributed by atoms with van der Waals surface area (Å²) in [5, 5.41) is 6.14. The lowest BCUT2D eigenvalue weighted by atomic mass is 10.1. The van der Waals surface area contributed by atoms with Crippen LogP contribution < -0.4 is 10.4 Å². The highest BCUT2D eigenvalue weighted by molar-refractivity contribution is 6.08. The number of fused-ring (bicyclic) bond motifs is 1. The summed E-state index contributed by atoms with van der Waals surface area (Å²) in [6.45, 7) is 1.91. The number of amides is 1. The molecule has 0 aliphatic carbocycles. The average Bonchev–Trinajstić information content (AvgIpc) is 3.43. The number of carbonyl (C=O) groups is 1. The normalized spacial score (nSPS) is 14.3. The summed E-state index contributed by atoms with van der Waals surface area (Å²) in [5.41, 5.74) is 6.76. The molecule has 1 aliphatic rings. The second-order valence-corrected chi connectivity index (χ2v) is 7.02. The molecule has 31 heavy (non-hydrogen) atoms. The van der Waals surface area contributed by atoms with E-state index in [1.54, 1.807) is 18.6 Å². The molecule has 1 amide bonds. The van der Waals surface area contributed by atoms with Gasteiger partial charge >= 0.3 is 0 Å². The van der Waals surface area contributed by atoms with Crippen molar-refractivity contribution in [2.45, 2.75) is 6.92 Å². The topological polar surface area (TPSA) is 88.5 Å². The number of aromatic nitrogens is 3. The van der Waals surface area contributed by atoms with Crippen LogP contribution in [-0.2, 0) is 4.79 Å². The number of aryl methyl sites for hydroxylation is 1. The quantitative estimate of drug-likeness (QED) is 0.551. The maximum Gasteiger partial charge on any atom is 0.267 e. The molecule has 0 atom stereocenters.